The van der Waals surface area contributed by atoms with E-state index in [1.54, 1.807) is 0 Å². The minimum atomic E-state index is 0.491. The quantitative estimate of drug-likeness (QED) is 0.813. The van der Waals surface area contributed by atoms with Crippen LogP contribution in [0.5, 0.6) is 0 Å². The standard InChI is InChI=1S/C15H22IN/c1-14(2)13(15(14,3)4)10-17-9-11-6-5-7-12(16)8-11/h5-8,13,17H,9-10H2,1-4H3. The molecule has 2 heteroatoms. The zero-order chi connectivity index (χ0) is 12.7. The lowest BCUT2D eigenvalue weighted by molar-refractivity contribution is 0.457. The third-order valence-electron chi connectivity index (χ3n) is 4.89. The van der Waals surface area contributed by atoms with Gasteiger partial charge in [-0.05, 0) is 63.6 Å². The van der Waals surface area contributed by atoms with Gasteiger partial charge in [-0.15, -0.1) is 0 Å². The fourth-order valence-corrected chi connectivity index (χ4v) is 3.46. The maximum absolute atomic E-state index is 3.60. The molecule has 0 unspecified atom stereocenters. The zero-order valence-corrected chi connectivity index (χ0v) is 13.3. The molecule has 0 atom stereocenters. The van der Waals surface area contributed by atoms with Crippen LogP contribution in [-0.4, -0.2) is 6.54 Å². The Morgan fingerprint density at radius 2 is 1.82 bits per heavy atom. The number of hydrogen-bond acceptors (Lipinski definition) is 1. The van der Waals surface area contributed by atoms with Crippen molar-refractivity contribution in [3.05, 3.63) is 33.4 Å². The monoisotopic (exact) mass is 343 g/mol. The summed E-state index contributed by atoms with van der Waals surface area (Å²) in [5.41, 5.74) is 2.36. The average Bonchev–Trinajstić information content (AvgIpc) is 2.60. The highest BCUT2D eigenvalue weighted by atomic mass is 127. The first-order valence-electron chi connectivity index (χ1n) is 6.31. The fourth-order valence-electron chi connectivity index (χ4n) is 2.85. The van der Waals surface area contributed by atoms with Gasteiger partial charge in [-0.3, -0.25) is 0 Å². The van der Waals surface area contributed by atoms with Gasteiger partial charge in [0.2, 0.25) is 0 Å². The highest BCUT2D eigenvalue weighted by Crippen LogP contribution is 2.67. The zero-order valence-electron chi connectivity index (χ0n) is 11.2. The molecule has 1 saturated carbocycles. The lowest BCUT2D eigenvalue weighted by atomic mass is 10.0. The Morgan fingerprint density at radius 3 is 2.35 bits per heavy atom. The van der Waals surface area contributed by atoms with E-state index in [0.29, 0.717) is 10.8 Å². The van der Waals surface area contributed by atoms with Gasteiger partial charge in [0.1, 0.15) is 0 Å². The Bertz CT molecular complexity index is 395. The van der Waals surface area contributed by atoms with E-state index in [0.717, 1.165) is 19.0 Å². The van der Waals surface area contributed by atoms with Crippen molar-refractivity contribution in [2.75, 3.05) is 6.54 Å². The molecule has 0 aliphatic heterocycles. The van der Waals surface area contributed by atoms with Crippen molar-refractivity contribution in [2.45, 2.75) is 34.2 Å². The molecular weight excluding hydrogens is 321 g/mol. The van der Waals surface area contributed by atoms with Crippen LogP contribution >= 0.6 is 22.6 Å². The molecule has 1 aliphatic rings. The van der Waals surface area contributed by atoms with Gasteiger partial charge in [-0.2, -0.15) is 0 Å². The minimum absolute atomic E-state index is 0.491. The second-order valence-electron chi connectivity index (χ2n) is 6.26. The SMILES string of the molecule is CC1(C)C(CNCc2cccc(I)c2)C1(C)C. The van der Waals surface area contributed by atoms with Gasteiger partial charge >= 0.3 is 0 Å². The second-order valence-corrected chi connectivity index (χ2v) is 7.50. The Morgan fingerprint density at radius 1 is 1.18 bits per heavy atom. The van der Waals surface area contributed by atoms with E-state index in [1.807, 2.05) is 0 Å². The van der Waals surface area contributed by atoms with Crippen molar-refractivity contribution in [2.24, 2.45) is 16.7 Å². The summed E-state index contributed by atoms with van der Waals surface area (Å²) in [6, 6.07) is 8.70. The molecule has 94 valence electrons. The largest absolute Gasteiger partial charge is 0.312 e. The lowest BCUT2D eigenvalue weighted by Crippen LogP contribution is -2.18. The predicted octanol–water partition coefficient (Wildman–Crippen LogP) is 4.06. The van der Waals surface area contributed by atoms with Gasteiger partial charge in [0.05, 0.1) is 0 Å². The first-order valence-corrected chi connectivity index (χ1v) is 7.39. The third-order valence-corrected chi connectivity index (χ3v) is 5.56. The van der Waals surface area contributed by atoms with E-state index < -0.39 is 0 Å². The van der Waals surface area contributed by atoms with Crippen LogP contribution in [0.2, 0.25) is 0 Å². The van der Waals surface area contributed by atoms with Crippen LogP contribution in [-0.2, 0) is 6.54 Å². The minimum Gasteiger partial charge on any atom is -0.312 e. The van der Waals surface area contributed by atoms with Gasteiger partial charge in [0.15, 0.2) is 0 Å². The number of benzene rings is 1. The maximum Gasteiger partial charge on any atom is 0.0205 e. The van der Waals surface area contributed by atoms with Gasteiger partial charge < -0.3 is 5.32 Å². The maximum atomic E-state index is 3.60. The molecule has 1 aromatic rings. The molecule has 2 rings (SSSR count). The predicted molar refractivity (Wildman–Crippen MR) is 81.9 cm³/mol. The van der Waals surface area contributed by atoms with Crippen molar-refractivity contribution in [1.82, 2.24) is 5.32 Å². The first kappa shape index (κ1) is 13.3. The molecular formula is C15H22IN. The Hall–Kier alpha value is -0.0900. The van der Waals surface area contributed by atoms with Gasteiger partial charge in [-0.1, -0.05) is 39.8 Å². The first-order chi connectivity index (χ1) is 7.85. The van der Waals surface area contributed by atoms with E-state index in [9.17, 15) is 0 Å². The molecule has 0 radical (unpaired) electrons. The van der Waals surface area contributed by atoms with Crippen LogP contribution < -0.4 is 5.32 Å². The van der Waals surface area contributed by atoms with Crippen LogP contribution in [0.4, 0.5) is 0 Å². The Labute approximate surface area is 119 Å². The second kappa shape index (κ2) is 4.54. The molecule has 0 heterocycles. The third kappa shape index (κ3) is 2.53. The molecule has 0 spiro atoms. The smallest absolute Gasteiger partial charge is 0.0205 e. The Kier molecular flexibility index (Phi) is 3.56. The summed E-state index contributed by atoms with van der Waals surface area (Å²) in [7, 11) is 0. The van der Waals surface area contributed by atoms with E-state index in [-0.39, 0.29) is 0 Å². The van der Waals surface area contributed by atoms with Crippen LogP contribution in [0.1, 0.15) is 33.3 Å². The van der Waals surface area contributed by atoms with Gasteiger partial charge in [-0.25, -0.2) is 0 Å². The highest BCUT2D eigenvalue weighted by molar-refractivity contribution is 14.1. The molecule has 0 bridgehead atoms. The lowest BCUT2D eigenvalue weighted by Gasteiger charge is -2.06. The molecule has 1 aliphatic carbocycles. The fraction of sp³-hybridized carbons (Fsp3) is 0.600. The van der Waals surface area contributed by atoms with Crippen LogP contribution in [0.25, 0.3) is 0 Å². The molecule has 1 aromatic carbocycles. The van der Waals surface area contributed by atoms with Gasteiger partial charge in [0, 0.05) is 10.1 Å². The number of hydrogen-bond donors (Lipinski definition) is 1. The number of nitrogens with one attached hydrogen (secondary N) is 1. The highest BCUT2D eigenvalue weighted by Gasteiger charge is 2.63. The molecule has 1 N–H and O–H groups in total. The summed E-state index contributed by atoms with van der Waals surface area (Å²) >= 11 is 2.37. The summed E-state index contributed by atoms with van der Waals surface area (Å²) in [5.74, 6) is 0.804. The molecule has 1 nitrogen and oxygen atoms in total. The molecule has 1 fully saturated rings. The van der Waals surface area contributed by atoms with E-state index in [2.05, 4.69) is 79.9 Å². The normalized spacial score (nSPS) is 21.5. The molecule has 0 amide bonds. The summed E-state index contributed by atoms with van der Waals surface area (Å²) in [5, 5.41) is 3.60. The van der Waals surface area contributed by atoms with Crippen molar-refractivity contribution >= 4 is 22.6 Å². The van der Waals surface area contributed by atoms with E-state index in [1.165, 1.54) is 9.13 Å². The molecule has 0 aromatic heterocycles. The van der Waals surface area contributed by atoms with Crippen LogP contribution in [0, 0.1) is 20.3 Å². The topological polar surface area (TPSA) is 12.0 Å². The summed E-state index contributed by atoms with van der Waals surface area (Å²) in [4.78, 5) is 0. The van der Waals surface area contributed by atoms with Crippen molar-refractivity contribution < 1.29 is 0 Å². The van der Waals surface area contributed by atoms with Crippen molar-refractivity contribution in [3.63, 3.8) is 0 Å². The van der Waals surface area contributed by atoms with Crippen molar-refractivity contribution in [3.8, 4) is 0 Å². The summed E-state index contributed by atoms with van der Waals surface area (Å²) in [6.45, 7) is 11.6. The Balaban J connectivity index is 1.82. The molecule has 0 saturated heterocycles. The van der Waals surface area contributed by atoms with Crippen LogP contribution in [0.15, 0.2) is 24.3 Å². The van der Waals surface area contributed by atoms with Crippen molar-refractivity contribution in [1.29, 1.82) is 0 Å². The van der Waals surface area contributed by atoms with Crippen LogP contribution in [0.3, 0.4) is 0 Å². The van der Waals surface area contributed by atoms with E-state index >= 15 is 0 Å². The summed E-state index contributed by atoms with van der Waals surface area (Å²) in [6.07, 6.45) is 0. The number of halogens is 1. The molecule has 17 heavy (non-hydrogen) atoms. The van der Waals surface area contributed by atoms with Gasteiger partial charge in [0.25, 0.3) is 0 Å². The van der Waals surface area contributed by atoms with E-state index in [4.69, 9.17) is 0 Å². The number of rotatable bonds is 4. The average molecular weight is 343 g/mol. The summed E-state index contributed by atoms with van der Waals surface area (Å²) < 4.78 is 1.31.